The Morgan fingerprint density at radius 2 is 1.78 bits per heavy atom. The first kappa shape index (κ1) is 25.4. The lowest BCUT2D eigenvalue weighted by Crippen LogP contribution is -2.48. The fourth-order valence-corrected chi connectivity index (χ4v) is 5.28. The Balaban J connectivity index is 1.53. The average molecular weight is 500 g/mol. The van der Waals surface area contributed by atoms with E-state index in [1.165, 1.54) is 17.0 Å². The van der Waals surface area contributed by atoms with E-state index < -0.39 is 28.6 Å². The Morgan fingerprint density at radius 1 is 1.11 bits per heavy atom. The van der Waals surface area contributed by atoms with Gasteiger partial charge in [0.1, 0.15) is 0 Å². The highest BCUT2D eigenvalue weighted by Gasteiger charge is 2.52. The van der Waals surface area contributed by atoms with E-state index in [2.05, 4.69) is 5.32 Å². The first-order chi connectivity index (χ1) is 17.0. The van der Waals surface area contributed by atoms with Crippen LogP contribution in [-0.2, 0) is 11.0 Å². The van der Waals surface area contributed by atoms with Gasteiger partial charge in [0.15, 0.2) is 0 Å². The van der Waals surface area contributed by atoms with Crippen LogP contribution in [0.5, 0.6) is 0 Å². The molecule has 0 saturated carbocycles. The maximum absolute atomic E-state index is 13.5. The summed E-state index contributed by atoms with van der Waals surface area (Å²) in [5, 5.41) is 12.0. The van der Waals surface area contributed by atoms with Crippen molar-refractivity contribution in [2.45, 2.75) is 19.0 Å². The third-order valence-electron chi connectivity index (χ3n) is 7.25. The fourth-order valence-electron chi connectivity index (χ4n) is 5.28. The van der Waals surface area contributed by atoms with Crippen LogP contribution >= 0.6 is 0 Å². The molecular formula is C26H28F3N5O2. The smallest absolute Gasteiger partial charge is 0.371 e. The van der Waals surface area contributed by atoms with Gasteiger partial charge >= 0.3 is 12.2 Å². The number of nitriles is 1. The Labute approximate surface area is 208 Å². The van der Waals surface area contributed by atoms with Crippen LogP contribution in [0.25, 0.3) is 0 Å². The Kier molecular flexibility index (Phi) is 6.85. The molecule has 0 aromatic heterocycles. The van der Waals surface area contributed by atoms with Gasteiger partial charge in [0.2, 0.25) is 5.91 Å². The van der Waals surface area contributed by atoms with Gasteiger partial charge in [-0.05, 0) is 43.2 Å². The van der Waals surface area contributed by atoms with Crippen molar-refractivity contribution in [2.24, 2.45) is 11.3 Å². The number of halogens is 3. The lowest BCUT2D eigenvalue weighted by Gasteiger charge is -2.43. The fraction of sp³-hybridized carbons (Fsp3) is 0.423. The molecule has 4 rings (SSSR count). The van der Waals surface area contributed by atoms with Gasteiger partial charge in [-0.25, -0.2) is 4.79 Å². The number of alkyl halides is 3. The molecule has 1 unspecified atom stereocenters. The van der Waals surface area contributed by atoms with Crippen molar-refractivity contribution in [3.05, 3.63) is 59.7 Å². The van der Waals surface area contributed by atoms with Crippen LogP contribution in [-0.4, -0.2) is 62.0 Å². The van der Waals surface area contributed by atoms with Crippen molar-refractivity contribution < 1.29 is 22.8 Å². The summed E-state index contributed by atoms with van der Waals surface area (Å²) in [6.07, 6.45) is -3.53. The number of amides is 3. The maximum Gasteiger partial charge on any atom is 0.417 e. The number of carbonyl (C=O) groups excluding carboxylic acids is 2. The molecule has 2 aliphatic rings. The van der Waals surface area contributed by atoms with Crippen LogP contribution < -0.4 is 10.2 Å². The molecule has 3 amide bonds. The lowest BCUT2D eigenvalue weighted by molar-refractivity contribution is -0.138. The summed E-state index contributed by atoms with van der Waals surface area (Å²) in [5.41, 5.74) is -0.774. The monoisotopic (exact) mass is 499 g/mol. The van der Waals surface area contributed by atoms with Crippen molar-refractivity contribution in [3.63, 3.8) is 0 Å². The summed E-state index contributed by atoms with van der Waals surface area (Å²) in [7, 11) is 3.38. The van der Waals surface area contributed by atoms with Gasteiger partial charge in [0, 0.05) is 57.1 Å². The molecule has 2 heterocycles. The molecule has 1 N–H and O–H groups in total. The summed E-state index contributed by atoms with van der Waals surface area (Å²) < 4.78 is 40.4. The molecule has 2 aromatic carbocycles. The number of carbonyl (C=O) groups is 2. The largest absolute Gasteiger partial charge is 0.417 e. The minimum Gasteiger partial charge on any atom is -0.371 e. The van der Waals surface area contributed by atoms with Gasteiger partial charge in [-0.3, -0.25) is 4.79 Å². The molecule has 2 fully saturated rings. The summed E-state index contributed by atoms with van der Waals surface area (Å²) >= 11 is 0. The molecule has 190 valence electrons. The molecule has 36 heavy (non-hydrogen) atoms. The van der Waals surface area contributed by atoms with Gasteiger partial charge in [0.25, 0.3) is 0 Å². The Bertz CT molecular complexity index is 1170. The molecule has 7 nitrogen and oxygen atoms in total. The highest BCUT2D eigenvalue weighted by atomic mass is 19.4. The second kappa shape index (κ2) is 9.72. The highest BCUT2D eigenvalue weighted by molar-refractivity contribution is 5.90. The van der Waals surface area contributed by atoms with Crippen molar-refractivity contribution in [1.29, 1.82) is 5.26 Å². The highest BCUT2D eigenvalue weighted by Crippen LogP contribution is 2.46. The number of para-hydroxylation sites is 1. The molecule has 2 saturated heterocycles. The van der Waals surface area contributed by atoms with Crippen LogP contribution in [0.3, 0.4) is 0 Å². The van der Waals surface area contributed by atoms with E-state index in [0.29, 0.717) is 43.9 Å². The number of nitrogens with zero attached hydrogens (tertiary/aromatic N) is 4. The normalized spacial score (nSPS) is 19.2. The Morgan fingerprint density at radius 3 is 2.36 bits per heavy atom. The van der Waals surface area contributed by atoms with Gasteiger partial charge in [-0.15, -0.1) is 0 Å². The van der Waals surface area contributed by atoms with Crippen molar-refractivity contribution in [3.8, 4) is 6.07 Å². The number of likely N-dealkylation sites (tertiary alicyclic amines) is 1. The summed E-state index contributed by atoms with van der Waals surface area (Å²) in [5.74, 6) is -0.459. The number of anilines is 2. The summed E-state index contributed by atoms with van der Waals surface area (Å²) in [6, 6.07) is 14.2. The number of hydrogen-bond donors (Lipinski definition) is 1. The molecule has 0 aliphatic carbocycles. The molecule has 1 atom stereocenters. The molecule has 2 aliphatic heterocycles. The van der Waals surface area contributed by atoms with E-state index in [0.717, 1.165) is 6.07 Å². The van der Waals surface area contributed by atoms with Gasteiger partial charge < -0.3 is 20.0 Å². The number of rotatable bonds is 3. The number of nitrogens with one attached hydrogen (secondary N) is 1. The zero-order chi connectivity index (χ0) is 26.1. The molecular weight excluding hydrogens is 471 g/mol. The van der Waals surface area contributed by atoms with E-state index in [1.54, 1.807) is 37.2 Å². The quantitative estimate of drug-likeness (QED) is 0.678. The molecule has 2 aromatic rings. The third kappa shape index (κ3) is 4.96. The topological polar surface area (TPSA) is 79.7 Å². The van der Waals surface area contributed by atoms with E-state index in [1.807, 2.05) is 23.1 Å². The van der Waals surface area contributed by atoms with Gasteiger partial charge in [-0.2, -0.15) is 18.4 Å². The zero-order valence-corrected chi connectivity index (χ0v) is 20.2. The standard InChI is InChI=1S/C26H28F3N5O2/c1-32(2)23(35)22-16-34(24(36)31-19-6-4-3-5-7-19)17-25(22)10-12-33(13-11-25)20-9-8-18(15-30)21(14-20)26(27,28)29/h3-9,14,22H,10-13,16-17H2,1-2H3,(H,31,36). The van der Waals surface area contributed by atoms with Crippen molar-refractivity contribution in [2.75, 3.05) is 50.5 Å². The predicted octanol–water partition coefficient (Wildman–Crippen LogP) is 4.42. The first-order valence-corrected chi connectivity index (χ1v) is 11.7. The number of benzene rings is 2. The minimum atomic E-state index is -4.63. The maximum atomic E-state index is 13.5. The lowest BCUT2D eigenvalue weighted by atomic mass is 9.70. The molecule has 10 heteroatoms. The summed E-state index contributed by atoms with van der Waals surface area (Å²) in [4.78, 5) is 31.2. The predicted molar refractivity (Wildman–Crippen MR) is 129 cm³/mol. The number of piperidine rings is 1. The van der Waals surface area contributed by atoms with Crippen molar-refractivity contribution >= 4 is 23.3 Å². The van der Waals surface area contributed by atoms with Gasteiger partial charge in [0.05, 0.1) is 23.1 Å². The number of urea groups is 1. The minimum absolute atomic E-state index is 0.0591. The van der Waals surface area contributed by atoms with Crippen LogP contribution in [0.1, 0.15) is 24.0 Å². The Hall–Kier alpha value is -3.74. The molecule has 0 radical (unpaired) electrons. The second-order valence-electron chi connectivity index (χ2n) is 9.65. The SMILES string of the molecule is CN(C)C(=O)C1CN(C(=O)Nc2ccccc2)CC12CCN(c1ccc(C#N)c(C(F)(F)F)c1)CC2. The van der Waals surface area contributed by atoms with Crippen LogP contribution in [0.15, 0.2) is 48.5 Å². The first-order valence-electron chi connectivity index (χ1n) is 11.7. The second-order valence-corrected chi connectivity index (χ2v) is 9.65. The van der Waals surface area contributed by atoms with Crippen LogP contribution in [0.2, 0.25) is 0 Å². The molecule has 1 spiro atoms. The van der Waals surface area contributed by atoms with Gasteiger partial charge in [-0.1, -0.05) is 18.2 Å². The zero-order valence-electron chi connectivity index (χ0n) is 20.2. The van der Waals surface area contributed by atoms with E-state index >= 15 is 0 Å². The van der Waals surface area contributed by atoms with Crippen LogP contribution in [0, 0.1) is 22.7 Å². The van der Waals surface area contributed by atoms with E-state index in [9.17, 15) is 22.8 Å². The van der Waals surface area contributed by atoms with Crippen molar-refractivity contribution in [1.82, 2.24) is 9.80 Å². The van der Waals surface area contributed by atoms with Crippen LogP contribution in [0.4, 0.5) is 29.3 Å². The average Bonchev–Trinajstić information content (AvgIpc) is 3.22. The van der Waals surface area contributed by atoms with E-state index in [4.69, 9.17) is 5.26 Å². The third-order valence-corrected chi connectivity index (χ3v) is 7.25. The van der Waals surface area contributed by atoms with E-state index in [-0.39, 0.29) is 18.5 Å². The summed E-state index contributed by atoms with van der Waals surface area (Å²) in [6.45, 7) is 1.55. The number of hydrogen-bond acceptors (Lipinski definition) is 4. The molecule has 0 bridgehead atoms.